The molecule has 0 saturated heterocycles. The lowest BCUT2D eigenvalue weighted by atomic mass is 10.0. The minimum atomic E-state index is -0.629. The molecule has 1 heterocycles. The van der Waals surface area contributed by atoms with E-state index in [0.717, 1.165) is 0 Å². The Morgan fingerprint density at radius 3 is 2.76 bits per heavy atom. The highest BCUT2D eigenvalue weighted by molar-refractivity contribution is 5.93. The Morgan fingerprint density at radius 2 is 2.12 bits per heavy atom. The predicted octanol–water partition coefficient (Wildman–Crippen LogP) is 1.26. The molecule has 7 heteroatoms. The van der Waals surface area contributed by atoms with Gasteiger partial charge in [-0.05, 0) is 43.5 Å². The predicted molar refractivity (Wildman–Crippen MR) is 91.9 cm³/mol. The molecule has 4 N–H and O–H groups in total. The molecule has 6 nitrogen and oxygen atoms in total. The summed E-state index contributed by atoms with van der Waals surface area (Å²) in [6, 6.07) is 8.85. The highest BCUT2D eigenvalue weighted by Crippen LogP contribution is 2.32. The fourth-order valence-electron chi connectivity index (χ4n) is 3.20. The summed E-state index contributed by atoms with van der Waals surface area (Å²) in [4.78, 5) is 24.1. The number of aliphatic hydroxyl groups excluding tert-OH is 1. The molecule has 1 aromatic heterocycles. The van der Waals surface area contributed by atoms with E-state index in [1.54, 1.807) is 24.4 Å². The molecule has 1 aromatic carbocycles. The normalized spacial score (nSPS) is 22.8. The summed E-state index contributed by atoms with van der Waals surface area (Å²) in [6.07, 6.45) is 1.76. The molecule has 25 heavy (non-hydrogen) atoms. The number of pyridine rings is 1. The number of nitrogens with two attached hydrogens (primary N) is 1. The van der Waals surface area contributed by atoms with Crippen LogP contribution in [0, 0.1) is 17.7 Å². The van der Waals surface area contributed by atoms with E-state index in [2.05, 4.69) is 5.32 Å². The molecule has 0 unspecified atom stereocenters. The van der Waals surface area contributed by atoms with E-state index in [0.29, 0.717) is 25.1 Å². The van der Waals surface area contributed by atoms with Crippen LogP contribution in [0.5, 0.6) is 0 Å². The lowest BCUT2D eigenvalue weighted by molar-refractivity contribution is -0.119. The van der Waals surface area contributed by atoms with Crippen molar-refractivity contribution >= 4 is 11.6 Å². The Morgan fingerprint density at radius 1 is 1.32 bits per heavy atom. The summed E-state index contributed by atoms with van der Waals surface area (Å²) in [6.45, 7) is 0.319. The van der Waals surface area contributed by atoms with E-state index in [1.807, 2.05) is 0 Å². The van der Waals surface area contributed by atoms with Gasteiger partial charge in [0.15, 0.2) is 0 Å². The van der Waals surface area contributed by atoms with Crippen molar-refractivity contribution in [3.05, 3.63) is 58.8 Å². The quantitative estimate of drug-likeness (QED) is 0.777. The molecule has 3 rings (SSSR count). The first-order chi connectivity index (χ1) is 12.0. The van der Waals surface area contributed by atoms with Crippen LogP contribution < -0.4 is 16.6 Å². The van der Waals surface area contributed by atoms with Gasteiger partial charge in [-0.25, -0.2) is 4.39 Å². The number of nitrogens with zero attached hydrogens (tertiary/aromatic N) is 1. The largest absolute Gasteiger partial charge is 0.393 e. The Kier molecular flexibility index (Phi) is 4.96. The van der Waals surface area contributed by atoms with Crippen molar-refractivity contribution in [2.24, 2.45) is 17.6 Å². The van der Waals surface area contributed by atoms with Crippen molar-refractivity contribution in [1.82, 2.24) is 4.57 Å². The summed E-state index contributed by atoms with van der Waals surface area (Å²) in [7, 11) is 0. The molecule has 1 aliphatic carbocycles. The van der Waals surface area contributed by atoms with Crippen LogP contribution in [0.25, 0.3) is 5.69 Å². The van der Waals surface area contributed by atoms with Gasteiger partial charge >= 0.3 is 0 Å². The van der Waals surface area contributed by atoms with Gasteiger partial charge in [0, 0.05) is 24.2 Å². The summed E-state index contributed by atoms with van der Waals surface area (Å²) in [5, 5.41) is 12.4. The number of anilines is 1. The molecule has 1 saturated carbocycles. The van der Waals surface area contributed by atoms with Gasteiger partial charge in [-0.3, -0.25) is 14.2 Å². The van der Waals surface area contributed by atoms with Crippen molar-refractivity contribution in [3.63, 3.8) is 0 Å². The average Bonchev–Trinajstić information content (AvgIpc) is 2.98. The molecule has 1 amide bonds. The van der Waals surface area contributed by atoms with Gasteiger partial charge < -0.3 is 16.2 Å². The third-order valence-electron chi connectivity index (χ3n) is 4.64. The minimum Gasteiger partial charge on any atom is -0.393 e. The van der Waals surface area contributed by atoms with E-state index in [-0.39, 0.29) is 29.0 Å². The number of rotatable bonds is 4. The Bertz CT molecular complexity index is 836. The van der Waals surface area contributed by atoms with Crippen LogP contribution in [-0.4, -0.2) is 28.2 Å². The van der Waals surface area contributed by atoms with Crippen molar-refractivity contribution < 1.29 is 14.3 Å². The number of hydrogen-bond donors (Lipinski definition) is 3. The smallest absolute Gasteiger partial charge is 0.255 e. The summed E-state index contributed by atoms with van der Waals surface area (Å²) < 4.78 is 15.6. The zero-order valence-corrected chi connectivity index (χ0v) is 13.6. The van der Waals surface area contributed by atoms with Crippen LogP contribution in [0.3, 0.4) is 0 Å². The standard InChI is InChI=1S/C18H20FN3O3/c19-14-9-13(22-6-2-1-3-17(22)24)4-5-15(14)21-18(25)11-7-12(10-20)16(23)8-11/h1-6,9,11-12,16,23H,7-8,10,20H2,(H,21,25)/t11-,12+,16-/m1/s1. The summed E-state index contributed by atoms with van der Waals surface area (Å²) in [5.41, 5.74) is 5.72. The van der Waals surface area contributed by atoms with Crippen LogP contribution in [0.15, 0.2) is 47.4 Å². The van der Waals surface area contributed by atoms with Crippen LogP contribution >= 0.6 is 0 Å². The molecule has 0 bridgehead atoms. The van der Waals surface area contributed by atoms with E-state index >= 15 is 0 Å². The SMILES string of the molecule is NC[C@@H]1C[C@@H](C(=O)Nc2ccc(-n3ccccc3=O)cc2F)C[C@H]1O. The Hall–Kier alpha value is -2.51. The van der Waals surface area contributed by atoms with Gasteiger partial charge in [0.2, 0.25) is 5.91 Å². The maximum absolute atomic E-state index is 14.3. The van der Waals surface area contributed by atoms with Crippen molar-refractivity contribution in [1.29, 1.82) is 0 Å². The molecule has 0 spiro atoms. The number of carbonyl (C=O) groups is 1. The molecule has 132 valence electrons. The van der Waals surface area contributed by atoms with Gasteiger partial charge in [-0.2, -0.15) is 0 Å². The monoisotopic (exact) mass is 345 g/mol. The number of nitrogens with one attached hydrogen (secondary N) is 1. The molecule has 2 aromatic rings. The molecule has 3 atom stereocenters. The third-order valence-corrected chi connectivity index (χ3v) is 4.64. The second kappa shape index (κ2) is 7.16. The number of benzene rings is 1. The second-order valence-electron chi connectivity index (χ2n) is 6.29. The van der Waals surface area contributed by atoms with Crippen LogP contribution in [0.2, 0.25) is 0 Å². The zero-order valence-electron chi connectivity index (χ0n) is 13.6. The van der Waals surface area contributed by atoms with E-state index < -0.39 is 11.9 Å². The van der Waals surface area contributed by atoms with E-state index in [4.69, 9.17) is 5.73 Å². The number of hydrogen-bond acceptors (Lipinski definition) is 4. The van der Waals surface area contributed by atoms with Crippen molar-refractivity contribution in [2.75, 3.05) is 11.9 Å². The second-order valence-corrected chi connectivity index (χ2v) is 6.29. The highest BCUT2D eigenvalue weighted by atomic mass is 19.1. The van der Waals surface area contributed by atoms with Crippen molar-refractivity contribution in [3.8, 4) is 5.69 Å². The van der Waals surface area contributed by atoms with Crippen LogP contribution in [0.4, 0.5) is 10.1 Å². The minimum absolute atomic E-state index is 0.0448. The van der Waals surface area contributed by atoms with Gasteiger partial charge in [-0.1, -0.05) is 6.07 Å². The number of aliphatic hydroxyl groups is 1. The van der Waals surface area contributed by atoms with Gasteiger partial charge in [0.05, 0.1) is 17.5 Å². The lowest BCUT2D eigenvalue weighted by Crippen LogP contribution is -2.22. The maximum Gasteiger partial charge on any atom is 0.255 e. The first-order valence-corrected chi connectivity index (χ1v) is 8.16. The topological polar surface area (TPSA) is 97.4 Å². The molecule has 0 aliphatic heterocycles. The van der Waals surface area contributed by atoms with Crippen LogP contribution in [-0.2, 0) is 4.79 Å². The maximum atomic E-state index is 14.3. The number of halogens is 1. The van der Waals surface area contributed by atoms with E-state index in [9.17, 15) is 19.1 Å². The summed E-state index contributed by atoms with van der Waals surface area (Å²) >= 11 is 0. The molecular weight excluding hydrogens is 325 g/mol. The fraction of sp³-hybridized carbons (Fsp3) is 0.333. The van der Waals surface area contributed by atoms with Gasteiger partial charge in [0.25, 0.3) is 5.56 Å². The summed E-state index contributed by atoms with van der Waals surface area (Å²) in [5.74, 6) is -1.46. The van der Waals surface area contributed by atoms with E-state index in [1.165, 1.54) is 22.8 Å². The lowest BCUT2D eigenvalue weighted by Gasteiger charge is -2.13. The number of carbonyl (C=O) groups excluding carboxylic acids is 1. The van der Waals surface area contributed by atoms with Crippen molar-refractivity contribution in [2.45, 2.75) is 18.9 Å². The third kappa shape index (κ3) is 3.62. The van der Waals surface area contributed by atoms with Crippen LogP contribution in [0.1, 0.15) is 12.8 Å². The number of amides is 1. The van der Waals surface area contributed by atoms with Gasteiger partial charge in [0.1, 0.15) is 5.82 Å². The molecule has 1 aliphatic rings. The Labute approximate surface area is 144 Å². The molecule has 1 fully saturated rings. The zero-order chi connectivity index (χ0) is 18.0. The molecule has 0 radical (unpaired) electrons. The first kappa shape index (κ1) is 17.3. The highest BCUT2D eigenvalue weighted by Gasteiger charge is 2.36. The average molecular weight is 345 g/mol. The van der Waals surface area contributed by atoms with Gasteiger partial charge in [-0.15, -0.1) is 0 Å². The number of aromatic nitrogens is 1. The fourth-order valence-corrected chi connectivity index (χ4v) is 3.20. The molecular formula is C18H20FN3O3. The Balaban J connectivity index is 1.75. The first-order valence-electron chi connectivity index (χ1n) is 8.16.